The highest BCUT2D eigenvalue weighted by molar-refractivity contribution is 6.75. The molecule has 0 spiro atoms. The third-order valence-corrected chi connectivity index (χ3v) is 11.3. The van der Waals surface area contributed by atoms with E-state index in [4.69, 9.17) is 0 Å². The zero-order valence-corrected chi connectivity index (χ0v) is 46.6. The lowest BCUT2D eigenvalue weighted by molar-refractivity contribution is 1.62. The molecule has 0 aliphatic carbocycles. The van der Waals surface area contributed by atoms with Crippen LogP contribution in [0.3, 0.4) is 0 Å². The molecule has 0 heterocycles. The van der Waals surface area contributed by atoms with E-state index < -0.39 is 0 Å². The molecular weight excluding hydrogens is 921 g/mol. The van der Waals surface area contributed by atoms with Crippen LogP contribution in [0.4, 0.5) is 0 Å². The Hall–Kier alpha value is -8.93. The summed E-state index contributed by atoms with van der Waals surface area (Å²) in [6, 6.07) is 125. The predicted molar refractivity (Wildman–Crippen MR) is 331 cm³/mol. The van der Waals surface area contributed by atoms with Crippen molar-refractivity contribution >= 4 is 19.5 Å². The Labute approximate surface area is 447 Å². The van der Waals surface area contributed by atoms with Crippen molar-refractivity contribution in [2.75, 3.05) is 0 Å². The van der Waals surface area contributed by atoms with E-state index in [2.05, 4.69) is 291 Å². The monoisotopic (exact) mass is 986 g/mol. The van der Waals surface area contributed by atoms with Crippen LogP contribution >= 0.6 is 0 Å². The first-order valence-corrected chi connectivity index (χ1v) is 33.4. The SMILES string of the molecule is [SiH3][SiH3].c1ccc(-c2ccccc2)cc1.c1ccc(-c2ccccc2)cc1.c1ccc(-c2ccccc2)cc1.c1ccc(-c2ccccc2)cc1.c1ccc(-c2ccccc2)cc1.c1ccc(-c2ccccc2)cc1. The molecule has 0 saturated carbocycles. The van der Waals surface area contributed by atoms with E-state index in [1.807, 2.05) is 72.8 Å². The molecule has 0 N–H and O–H groups in total. The summed E-state index contributed by atoms with van der Waals surface area (Å²) < 4.78 is 0. The van der Waals surface area contributed by atoms with Crippen LogP contribution in [0.5, 0.6) is 0 Å². The van der Waals surface area contributed by atoms with Gasteiger partial charge in [0.1, 0.15) is 0 Å². The second-order valence-electron chi connectivity index (χ2n) is 16.4. The summed E-state index contributed by atoms with van der Waals surface area (Å²) in [6.45, 7) is 0. The molecule has 0 unspecified atom stereocenters. The van der Waals surface area contributed by atoms with Crippen LogP contribution < -0.4 is 0 Å². The molecule has 74 heavy (non-hydrogen) atoms. The molecule has 0 aromatic heterocycles. The standard InChI is InChI=1S/6C12H10.H6Si2/c6*1-3-7-11(8-4-1)12-9-5-2-6-10-12;1-2/h6*1-10H;1-2H3. The molecular formula is C72H66Si2. The Balaban J connectivity index is 0.000000144. The summed E-state index contributed by atoms with van der Waals surface area (Å²) in [5.74, 6) is 0. The van der Waals surface area contributed by atoms with Crippen molar-refractivity contribution in [3.8, 4) is 66.8 Å². The van der Waals surface area contributed by atoms with E-state index in [0.29, 0.717) is 0 Å². The fourth-order valence-electron chi connectivity index (χ4n) is 7.57. The zero-order valence-electron chi connectivity index (χ0n) is 42.6. The van der Waals surface area contributed by atoms with Crippen molar-refractivity contribution in [3.05, 3.63) is 364 Å². The molecule has 12 aromatic carbocycles. The van der Waals surface area contributed by atoms with Crippen molar-refractivity contribution in [2.45, 2.75) is 0 Å². The van der Waals surface area contributed by atoms with E-state index in [0.717, 1.165) is 0 Å². The normalized spacial score (nSPS) is 9.57. The molecule has 12 aromatic rings. The molecule has 362 valence electrons. The maximum absolute atomic E-state index is 2.12. The van der Waals surface area contributed by atoms with Gasteiger partial charge >= 0.3 is 0 Å². The third kappa shape index (κ3) is 19.7. The Morgan fingerprint density at radius 2 is 0.149 bits per heavy atom. The number of rotatable bonds is 6. The van der Waals surface area contributed by atoms with Gasteiger partial charge in [-0.05, 0) is 86.3 Å². The Bertz CT molecular complexity index is 2380. The van der Waals surface area contributed by atoms with Crippen LogP contribution in [0, 0.1) is 0 Å². The van der Waals surface area contributed by atoms with Gasteiger partial charge in [-0.1, -0.05) is 364 Å². The summed E-state index contributed by atoms with van der Waals surface area (Å²) in [4.78, 5) is 0. The maximum Gasteiger partial charge on any atom is -0.0125 e. The van der Waals surface area contributed by atoms with Crippen molar-refractivity contribution < 1.29 is 0 Å². The Kier molecular flexibility index (Phi) is 24.7. The smallest absolute Gasteiger partial charge is 0.0125 e. The summed E-state index contributed by atoms with van der Waals surface area (Å²) in [7, 11) is 2.89. The molecule has 0 aliphatic heterocycles. The Morgan fingerprint density at radius 3 is 0.203 bits per heavy atom. The first-order chi connectivity index (χ1) is 36.8. The first kappa shape index (κ1) is 54.4. The quantitative estimate of drug-likeness (QED) is 0.146. The number of hydrogen-bond donors (Lipinski definition) is 0. The lowest BCUT2D eigenvalue weighted by Gasteiger charge is -1.98. The Morgan fingerprint density at radius 1 is 0.0946 bits per heavy atom. The lowest BCUT2D eigenvalue weighted by atomic mass is 10.1. The van der Waals surface area contributed by atoms with Gasteiger partial charge in [0.15, 0.2) is 0 Å². The van der Waals surface area contributed by atoms with Crippen LogP contribution in [0.2, 0.25) is 0 Å². The number of benzene rings is 12. The average Bonchev–Trinajstić information content (AvgIpc) is 3.53. The van der Waals surface area contributed by atoms with Gasteiger partial charge in [-0.2, -0.15) is 0 Å². The molecule has 2 heteroatoms. The van der Waals surface area contributed by atoms with Crippen LogP contribution in [0.25, 0.3) is 66.8 Å². The predicted octanol–water partition coefficient (Wildman–Crippen LogP) is 17.8. The summed E-state index contributed by atoms with van der Waals surface area (Å²) in [5.41, 5.74) is 15.3. The average molecular weight is 987 g/mol. The van der Waals surface area contributed by atoms with Gasteiger partial charge < -0.3 is 0 Å². The topological polar surface area (TPSA) is 0 Å². The van der Waals surface area contributed by atoms with Gasteiger partial charge in [-0.15, -0.1) is 0 Å². The van der Waals surface area contributed by atoms with E-state index in [1.54, 1.807) is 0 Å². The van der Waals surface area contributed by atoms with Gasteiger partial charge in [-0.25, -0.2) is 0 Å². The van der Waals surface area contributed by atoms with Crippen molar-refractivity contribution in [2.24, 2.45) is 0 Å². The second kappa shape index (κ2) is 33.6. The summed E-state index contributed by atoms with van der Waals surface area (Å²) in [6.07, 6.45) is 0. The van der Waals surface area contributed by atoms with E-state index in [-0.39, 0.29) is 0 Å². The molecule has 12 rings (SSSR count). The highest BCUT2D eigenvalue weighted by atomic mass is 29.1. The first-order valence-electron chi connectivity index (χ1n) is 25.4. The molecule has 0 atom stereocenters. The molecule has 0 nitrogen and oxygen atoms in total. The summed E-state index contributed by atoms with van der Waals surface area (Å²) in [5, 5.41) is 0. The molecule has 0 saturated heterocycles. The summed E-state index contributed by atoms with van der Waals surface area (Å²) >= 11 is 0. The molecule has 0 fully saturated rings. The molecule has 0 aliphatic rings. The van der Waals surface area contributed by atoms with Gasteiger partial charge in [0, 0.05) is 0 Å². The minimum absolute atomic E-state index is 1.28. The van der Waals surface area contributed by atoms with Gasteiger partial charge in [0.05, 0.1) is 0 Å². The minimum atomic E-state index is 1.28. The van der Waals surface area contributed by atoms with Crippen LogP contribution in [0.1, 0.15) is 0 Å². The fraction of sp³-hybridized carbons (Fsp3) is 0. The highest BCUT2D eigenvalue weighted by Crippen LogP contribution is 2.22. The van der Waals surface area contributed by atoms with Crippen molar-refractivity contribution in [1.82, 2.24) is 0 Å². The molecule has 0 bridgehead atoms. The largest absolute Gasteiger partial charge is 0.0622 e. The van der Waals surface area contributed by atoms with Gasteiger partial charge in [-0.3, -0.25) is 0 Å². The van der Waals surface area contributed by atoms with Crippen molar-refractivity contribution in [3.63, 3.8) is 0 Å². The van der Waals surface area contributed by atoms with Crippen molar-refractivity contribution in [1.29, 1.82) is 0 Å². The van der Waals surface area contributed by atoms with E-state index in [9.17, 15) is 0 Å². The number of hydrogen-bond acceptors (Lipinski definition) is 0. The van der Waals surface area contributed by atoms with Crippen LogP contribution in [-0.4, -0.2) is 19.5 Å². The molecule has 0 radical (unpaired) electrons. The van der Waals surface area contributed by atoms with Gasteiger partial charge in [0.2, 0.25) is 0 Å². The van der Waals surface area contributed by atoms with Crippen LogP contribution in [0.15, 0.2) is 364 Å². The lowest BCUT2D eigenvalue weighted by Crippen LogP contribution is -1.73. The van der Waals surface area contributed by atoms with E-state index in [1.165, 1.54) is 86.3 Å². The van der Waals surface area contributed by atoms with Crippen LogP contribution in [-0.2, 0) is 0 Å². The zero-order chi connectivity index (χ0) is 51.4. The minimum Gasteiger partial charge on any atom is -0.0622 e. The molecule has 0 amide bonds. The second-order valence-corrected chi connectivity index (χ2v) is 16.4. The third-order valence-electron chi connectivity index (χ3n) is 11.3. The maximum atomic E-state index is 2.12. The van der Waals surface area contributed by atoms with Gasteiger partial charge in [0.25, 0.3) is 0 Å². The fourth-order valence-corrected chi connectivity index (χ4v) is 7.57. The highest BCUT2D eigenvalue weighted by Gasteiger charge is 1.96. The van der Waals surface area contributed by atoms with E-state index >= 15 is 0 Å².